The molecule has 0 bridgehead atoms. The number of aromatic carboxylic acids is 1. The molecule has 7 nitrogen and oxygen atoms in total. The number of carboxylic acid groups (broad SMARTS) is 1. The average molecular weight is 597 g/mol. The predicted molar refractivity (Wildman–Crippen MR) is 139 cm³/mol. The van der Waals surface area contributed by atoms with Gasteiger partial charge in [0.1, 0.15) is 0 Å². The second-order valence-corrected chi connectivity index (χ2v) is 11.0. The summed E-state index contributed by atoms with van der Waals surface area (Å²) >= 11 is -1.86. The fourth-order valence-corrected chi connectivity index (χ4v) is 5.73. The van der Waals surface area contributed by atoms with Gasteiger partial charge in [0.15, 0.2) is 0 Å². The van der Waals surface area contributed by atoms with Gasteiger partial charge in [0.05, 0.1) is 0 Å². The average Bonchev–Trinajstić information content (AvgIpc) is 3.20. The minimum atomic E-state index is -4.39. The van der Waals surface area contributed by atoms with E-state index in [9.17, 15) is 22.4 Å². The number of anilines is 2. The molecule has 0 radical (unpaired) electrons. The van der Waals surface area contributed by atoms with Crippen LogP contribution >= 0.6 is 0 Å². The van der Waals surface area contributed by atoms with Crippen LogP contribution in [0.25, 0.3) is 5.52 Å². The Bertz CT molecular complexity index is 1380. The van der Waals surface area contributed by atoms with Crippen LogP contribution in [0.1, 0.15) is 22.3 Å². The number of halogens is 4. The first kappa shape index (κ1) is 27.6. The number of benzene rings is 1. The molecule has 0 spiro atoms. The molecular formula is C26H26F4N4O3Se. The standard InChI is InChI=1S/C26H26F4N4O3Se/c1-33-12-9-19(18(27)15-33)32-20-6-4-11-34-22(20)13-16(24(34)38-26(28,29)30)5-3-10-31-21-8-7-17(25(35)36)14-23(21)37-2/h4,6-8,11,13-14,18-19,31-32H,9-10,12,15H2,1-2H3,(H,35,36)/t18-,19+/m0/s1. The Kier molecular flexibility index (Phi) is 8.41. The van der Waals surface area contributed by atoms with Crippen LogP contribution < -0.4 is 20.0 Å². The Morgan fingerprint density at radius 2 is 2.05 bits per heavy atom. The van der Waals surface area contributed by atoms with Crippen molar-refractivity contribution in [1.29, 1.82) is 0 Å². The Hall–Kier alpha value is -3.39. The van der Waals surface area contributed by atoms with Crippen LogP contribution in [0.15, 0.2) is 42.6 Å². The van der Waals surface area contributed by atoms with Gasteiger partial charge in [-0.3, -0.25) is 0 Å². The van der Waals surface area contributed by atoms with E-state index in [2.05, 4.69) is 22.5 Å². The van der Waals surface area contributed by atoms with Crippen LogP contribution in [0.2, 0.25) is 0 Å². The van der Waals surface area contributed by atoms with E-state index in [0.717, 1.165) is 6.54 Å². The van der Waals surface area contributed by atoms with Crippen molar-refractivity contribution in [3.05, 3.63) is 53.7 Å². The van der Waals surface area contributed by atoms with E-state index in [1.165, 1.54) is 29.7 Å². The summed E-state index contributed by atoms with van der Waals surface area (Å²) in [5, 5.41) is 10.9. The third-order valence-electron chi connectivity index (χ3n) is 6.10. The number of hydrogen-bond acceptors (Lipinski definition) is 5. The van der Waals surface area contributed by atoms with Crippen molar-refractivity contribution in [3.8, 4) is 17.6 Å². The monoisotopic (exact) mass is 598 g/mol. The third-order valence-corrected chi connectivity index (χ3v) is 7.87. The molecule has 1 aromatic carbocycles. The number of pyridine rings is 1. The molecule has 1 aliphatic heterocycles. The van der Waals surface area contributed by atoms with Gasteiger partial charge in [0, 0.05) is 0 Å². The molecule has 3 heterocycles. The molecule has 0 saturated carbocycles. The molecule has 0 aliphatic carbocycles. The molecule has 1 saturated heterocycles. The molecule has 2 aromatic heterocycles. The maximum absolute atomic E-state index is 14.6. The first-order valence-electron chi connectivity index (χ1n) is 11.7. The number of likely N-dealkylation sites (tertiary alicyclic amines) is 1. The Labute approximate surface area is 223 Å². The predicted octanol–water partition coefficient (Wildman–Crippen LogP) is 3.41. The van der Waals surface area contributed by atoms with Gasteiger partial charge in [-0.1, -0.05) is 0 Å². The second-order valence-electron chi connectivity index (χ2n) is 8.78. The number of piperidine rings is 1. The summed E-state index contributed by atoms with van der Waals surface area (Å²) in [5.74, 6) is 4.90. The number of nitrogens with zero attached hydrogens (tertiary/aromatic N) is 2. The number of alkyl halides is 4. The van der Waals surface area contributed by atoms with Gasteiger partial charge >= 0.3 is 223 Å². The zero-order valence-electron chi connectivity index (χ0n) is 20.6. The van der Waals surface area contributed by atoms with Gasteiger partial charge in [-0.25, -0.2) is 0 Å². The molecule has 0 unspecified atom stereocenters. The van der Waals surface area contributed by atoms with Gasteiger partial charge in [-0.2, -0.15) is 0 Å². The molecule has 0 amide bonds. The van der Waals surface area contributed by atoms with Crippen molar-refractivity contribution >= 4 is 42.4 Å². The van der Waals surface area contributed by atoms with Crippen LogP contribution in [-0.2, 0) is 0 Å². The number of methoxy groups -OCH3 is 1. The van der Waals surface area contributed by atoms with E-state index in [4.69, 9.17) is 9.84 Å². The van der Waals surface area contributed by atoms with Crippen LogP contribution in [-0.4, -0.2) is 86.4 Å². The van der Waals surface area contributed by atoms with Crippen molar-refractivity contribution in [3.63, 3.8) is 0 Å². The summed E-state index contributed by atoms with van der Waals surface area (Å²) < 4.78 is 61.9. The van der Waals surface area contributed by atoms with Crippen LogP contribution in [0.4, 0.5) is 28.9 Å². The quantitative estimate of drug-likeness (QED) is 0.220. The number of rotatable bonds is 7. The second kappa shape index (κ2) is 11.6. The van der Waals surface area contributed by atoms with Gasteiger partial charge in [-0.15, -0.1) is 0 Å². The SMILES string of the molecule is COc1cc(C(=O)O)ccc1NCC#Cc1cc2c(N[C@@H]3CCN(C)C[C@@H]3F)cccn2c1[Se]C(F)(F)F. The van der Waals surface area contributed by atoms with Crippen LogP contribution in [0, 0.1) is 11.8 Å². The summed E-state index contributed by atoms with van der Waals surface area (Å²) in [6.07, 6.45) is 1.03. The maximum atomic E-state index is 14.6. The van der Waals surface area contributed by atoms with Crippen molar-refractivity contribution in [2.75, 3.05) is 44.4 Å². The van der Waals surface area contributed by atoms with Crippen molar-refractivity contribution in [1.82, 2.24) is 9.30 Å². The number of nitrogens with one attached hydrogen (secondary N) is 2. The number of aromatic nitrogens is 1. The number of ether oxygens (including phenoxy) is 1. The molecule has 3 N–H and O–H groups in total. The van der Waals surface area contributed by atoms with Crippen LogP contribution in [0.3, 0.4) is 0 Å². The van der Waals surface area contributed by atoms with Gasteiger partial charge < -0.3 is 0 Å². The molecule has 202 valence electrons. The number of fused-ring (bicyclic) bond motifs is 1. The molecule has 2 atom stereocenters. The summed E-state index contributed by atoms with van der Waals surface area (Å²) in [6.45, 7) is 1.09. The van der Waals surface area contributed by atoms with Gasteiger partial charge in [-0.05, 0) is 0 Å². The van der Waals surface area contributed by atoms with Crippen molar-refractivity contribution in [2.45, 2.75) is 23.7 Å². The number of carboxylic acids is 1. The fraction of sp³-hybridized carbons (Fsp3) is 0.346. The van der Waals surface area contributed by atoms with E-state index >= 15 is 0 Å². The summed E-state index contributed by atoms with van der Waals surface area (Å²) in [5.41, 5.74) is 1.86. The molecule has 12 heteroatoms. The number of carbonyl (C=O) groups is 1. The Balaban J connectivity index is 1.60. The molecule has 38 heavy (non-hydrogen) atoms. The topological polar surface area (TPSA) is 78.2 Å². The molecule has 3 aromatic rings. The molecule has 1 fully saturated rings. The zero-order valence-corrected chi connectivity index (χ0v) is 22.3. The van der Waals surface area contributed by atoms with E-state index in [-0.39, 0.29) is 28.8 Å². The summed E-state index contributed by atoms with van der Waals surface area (Å²) in [6, 6.07) is 8.84. The first-order valence-corrected chi connectivity index (χ1v) is 13.4. The molecule has 1 aliphatic rings. The van der Waals surface area contributed by atoms with E-state index < -0.39 is 38.2 Å². The van der Waals surface area contributed by atoms with E-state index in [1.807, 2.05) is 11.9 Å². The first-order chi connectivity index (χ1) is 18.1. The normalized spacial score (nSPS) is 18.1. The zero-order chi connectivity index (χ0) is 27.4. The van der Waals surface area contributed by atoms with E-state index in [0.29, 0.717) is 29.1 Å². The minimum absolute atomic E-state index is 0.0553. The van der Waals surface area contributed by atoms with E-state index in [1.54, 1.807) is 24.4 Å². The van der Waals surface area contributed by atoms with Gasteiger partial charge in [0.25, 0.3) is 0 Å². The van der Waals surface area contributed by atoms with Gasteiger partial charge in [0.2, 0.25) is 0 Å². The number of hydrogen-bond donors (Lipinski definition) is 3. The van der Waals surface area contributed by atoms with Crippen molar-refractivity contribution < 1.29 is 32.2 Å². The van der Waals surface area contributed by atoms with Crippen LogP contribution in [0.5, 0.6) is 5.75 Å². The molecular weight excluding hydrogens is 571 g/mol. The summed E-state index contributed by atoms with van der Waals surface area (Å²) in [7, 11) is 3.25. The summed E-state index contributed by atoms with van der Waals surface area (Å²) in [4.78, 5) is 13.1. The Morgan fingerprint density at radius 1 is 1.26 bits per heavy atom. The molecule has 4 rings (SSSR count). The fourth-order valence-electron chi connectivity index (χ4n) is 4.27. The van der Waals surface area contributed by atoms with Crippen molar-refractivity contribution in [2.24, 2.45) is 0 Å². The third kappa shape index (κ3) is 6.54. The Morgan fingerprint density at radius 3 is 2.74 bits per heavy atom.